The van der Waals surface area contributed by atoms with Crippen molar-refractivity contribution in [2.45, 2.75) is 50.9 Å². The van der Waals surface area contributed by atoms with Crippen LogP contribution in [0.3, 0.4) is 0 Å². The molecule has 3 fully saturated rings. The molecule has 8 heteroatoms. The molecule has 0 aromatic heterocycles. The van der Waals surface area contributed by atoms with Crippen molar-refractivity contribution >= 4 is 17.8 Å². The van der Waals surface area contributed by atoms with Gasteiger partial charge in [0.2, 0.25) is 11.8 Å². The molecule has 29 heavy (non-hydrogen) atoms. The maximum absolute atomic E-state index is 13.0. The number of hydrogen-bond donors (Lipinski definition) is 1. The number of benzene rings is 1. The molecule has 1 aliphatic carbocycles. The molecule has 0 radical (unpaired) electrons. The zero-order chi connectivity index (χ0) is 20.4. The maximum Gasteiger partial charge on any atom is 0.334 e. The predicted molar refractivity (Wildman–Crippen MR) is 107 cm³/mol. The van der Waals surface area contributed by atoms with Crippen LogP contribution in [0, 0.1) is 0 Å². The molecule has 156 valence electrons. The first-order chi connectivity index (χ1) is 14.0. The van der Waals surface area contributed by atoms with Crippen LogP contribution < -0.4 is 5.32 Å². The number of hydrogen-bond acceptors (Lipinski definition) is 4. The molecule has 0 unspecified atom stereocenters. The number of likely N-dealkylation sites (N-methyl/N-ethyl adjacent to an activating group) is 1. The van der Waals surface area contributed by atoms with Gasteiger partial charge in [-0.05, 0) is 18.4 Å². The highest BCUT2D eigenvalue weighted by Crippen LogP contribution is 2.28. The number of urea groups is 1. The summed E-state index contributed by atoms with van der Waals surface area (Å²) in [4.78, 5) is 41.8. The average molecular weight is 399 g/mol. The van der Waals surface area contributed by atoms with Crippen molar-refractivity contribution in [2.24, 2.45) is 0 Å². The van der Waals surface area contributed by atoms with Gasteiger partial charge in [0.15, 0.2) is 0 Å². The maximum atomic E-state index is 13.0. The monoisotopic (exact) mass is 399 g/mol. The smallest absolute Gasteiger partial charge is 0.334 e. The van der Waals surface area contributed by atoms with Crippen LogP contribution in [0.4, 0.5) is 4.79 Å². The number of piperazine rings is 1. The number of nitrogens with zero attached hydrogens (tertiary/aromatic N) is 4. The quantitative estimate of drug-likeness (QED) is 0.833. The standard InChI is InChI=1S/C21H29N5O3/c1-23-14-19(27)25-15-20(28)24(17-10-6-3-7-11-17)13-18(25)26(23)21(29)22-12-16-8-4-2-5-9-16/h2,4-5,8-9,17-18H,3,6-7,10-15H2,1H3,(H,22,29)/t18-/m0/s1. The van der Waals surface area contributed by atoms with Gasteiger partial charge in [-0.15, -0.1) is 0 Å². The van der Waals surface area contributed by atoms with E-state index in [-0.39, 0.29) is 37.0 Å². The van der Waals surface area contributed by atoms with Gasteiger partial charge in [-0.1, -0.05) is 49.6 Å². The van der Waals surface area contributed by atoms with Crippen molar-refractivity contribution in [3.63, 3.8) is 0 Å². The van der Waals surface area contributed by atoms with Crippen molar-refractivity contribution < 1.29 is 14.4 Å². The van der Waals surface area contributed by atoms with Crippen LogP contribution in [0.25, 0.3) is 0 Å². The molecule has 0 bridgehead atoms. The Kier molecular flexibility index (Phi) is 5.71. The molecule has 8 nitrogen and oxygen atoms in total. The summed E-state index contributed by atoms with van der Waals surface area (Å²) in [7, 11) is 1.75. The number of carbonyl (C=O) groups is 3. The van der Waals surface area contributed by atoms with Crippen LogP contribution in [0.1, 0.15) is 37.7 Å². The summed E-state index contributed by atoms with van der Waals surface area (Å²) in [5.74, 6) is -0.114. The Morgan fingerprint density at radius 1 is 1.00 bits per heavy atom. The van der Waals surface area contributed by atoms with E-state index in [1.807, 2.05) is 35.2 Å². The topological polar surface area (TPSA) is 76.2 Å². The van der Waals surface area contributed by atoms with E-state index in [0.717, 1.165) is 31.2 Å². The molecule has 1 aromatic carbocycles. The van der Waals surface area contributed by atoms with E-state index in [1.165, 1.54) is 6.42 Å². The van der Waals surface area contributed by atoms with E-state index in [2.05, 4.69) is 5.32 Å². The van der Waals surface area contributed by atoms with Crippen LogP contribution in [-0.4, -0.2) is 76.6 Å². The summed E-state index contributed by atoms with van der Waals surface area (Å²) in [6.07, 6.45) is 5.01. The zero-order valence-corrected chi connectivity index (χ0v) is 16.9. The van der Waals surface area contributed by atoms with Gasteiger partial charge in [0, 0.05) is 19.6 Å². The Hall–Kier alpha value is -2.61. The van der Waals surface area contributed by atoms with Crippen LogP contribution >= 0.6 is 0 Å². The highest BCUT2D eigenvalue weighted by molar-refractivity contribution is 5.89. The Morgan fingerprint density at radius 2 is 1.69 bits per heavy atom. The summed E-state index contributed by atoms with van der Waals surface area (Å²) >= 11 is 0. The lowest BCUT2D eigenvalue weighted by Crippen LogP contribution is -2.74. The first kappa shape index (κ1) is 19.7. The van der Waals surface area contributed by atoms with Gasteiger partial charge >= 0.3 is 6.03 Å². The fraction of sp³-hybridized carbons (Fsp3) is 0.571. The van der Waals surface area contributed by atoms with Crippen molar-refractivity contribution in [1.29, 1.82) is 0 Å². The molecule has 2 saturated heterocycles. The second-order valence-corrected chi connectivity index (χ2v) is 8.14. The van der Waals surface area contributed by atoms with E-state index in [9.17, 15) is 14.4 Å². The molecule has 1 saturated carbocycles. The first-order valence-electron chi connectivity index (χ1n) is 10.5. The minimum absolute atomic E-state index is 0.00398. The van der Waals surface area contributed by atoms with Crippen molar-refractivity contribution in [3.8, 4) is 0 Å². The van der Waals surface area contributed by atoms with Crippen molar-refractivity contribution in [2.75, 3.05) is 26.7 Å². The van der Waals surface area contributed by atoms with Crippen molar-refractivity contribution in [3.05, 3.63) is 35.9 Å². The lowest BCUT2D eigenvalue weighted by atomic mass is 9.93. The summed E-state index contributed by atoms with van der Waals surface area (Å²) < 4.78 is 0. The summed E-state index contributed by atoms with van der Waals surface area (Å²) in [5.41, 5.74) is 1.01. The largest absolute Gasteiger partial charge is 0.334 e. The van der Waals surface area contributed by atoms with Gasteiger partial charge in [-0.2, -0.15) is 0 Å². The Bertz CT molecular complexity index is 765. The number of fused-ring (bicyclic) bond motifs is 1. The Balaban J connectivity index is 1.50. The molecule has 0 spiro atoms. The summed E-state index contributed by atoms with van der Waals surface area (Å²) in [6.45, 7) is 0.927. The molecule has 1 aromatic rings. The normalized spacial score (nSPS) is 23.9. The van der Waals surface area contributed by atoms with Gasteiger partial charge in [-0.25, -0.2) is 14.8 Å². The minimum Gasteiger partial charge on any atom is -0.334 e. The van der Waals surface area contributed by atoms with Gasteiger partial charge in [0.1, 0.15) is 12.7 Å². The molecular weight excluding hydrogens is 370 g/mol. The molecule has 3 aliphatic rings. The number of amides is 4. The lowest BCUT2D eigenvalue weighted by molar-refractivity contribution is -0.180. The summed E-state index contributed by atoms with van der Waals surface area (Å²) in [5, 5.41) is 6.23. The van der Waals surface area contributed by atoms with E-state index in [4.69, 9.17) is 0 Å². The van der Waals surface area contributed by atoms with Gasteiger partial charge in [0.25, 0.3) is 0 Å². The van der Waals surface area contributed by atoms with E-state index < -0.39 is 6.17 Å². The molecule has 4 amide bonds. The van der Waals surface area contributed by atoms with Gasteiger partial charge in [-0.3, -0.25) is 9.59 Å². The summed E-state index contributed by atoms with van der Waals surface area (Å²) in [6, 6.07) is 9.69. The molecule has 2 aliphatic heterocycles. The third-order valence-electron chi connectivity index (χ3n) is 6.19. The fourth-order valence-electron chi connectivity index (χ4n) is 4.66. The third kappa shape index (κ3) is 4.07. The van der Waals surface area contributed by atoms with Crippen LogP contribution in [-0.2, 0) is 16.1 Å². The average Bonchev–Trinajstić information content (AvgIpc) is 2.74. The minimum atomic E-state index is -0.461. The first-order valence-corrected chi connectivity index (χ1v) is 10.5. The van der Waals surface area contributed by atoms with Crippen LogP contribution in [0.2, 0.25) is 0 Å². The molecular formula is C21H29N5O3. The third-order valence-corrected chi connectivity index (χ3v) is 6.19. The molecule has 2 heterocycles. The second-order valence-electron chi connectivity index (χ2n) is 8.14. The van der Waals surface area contributed by atoms with E-state index >= 15 is 0 Å². The number of nitrogens with one attached hydrogen (secondary N) is 1. The van der Waals surface area contributed by atoms with Crippen molar-refractivity contribution in [1.82, 2.24) is 25.1 Å². The van der Waals surface area contributed by atoms with Gasteiger partial charge < -0.3 is 15.1 Å². The molecule has 1 N–H and O–H groups in total. The number of carbonyl (C=O) groups excluding carboxylic acids is 3. The molecule has 4 rings (SSSR count). The number of rotatable bonds is 3. The predicted octanol–water partition coefficient (Wildman–Crippen LogP) is 1.39. The van der Waals surface area contributed by atoms with Gasteiger partial charge in [0.05, 0.1) is 13.1 Å². The fourth-order valence-corrected chi connectivity index (χ4v) is 4.66. The lowest BCUT2D eigenvalue weighted by Gasteiger charge is -2.53. The number of hydrazine groups is 1. The van der Waals surface area contributed by atoms with E-state index in [1.54, 1.807) is 22.0 Å². The Morgan fingerprint density at radius 3 is 2.41 bits per heavy atom. The molecule has 1 atom stereocenters. The highest BCUT2D eigenvalue weighted by Gasteiger charge is 2.46. The van der Waals surface area contributed by atoms with E-state index in [0.29, 0.717) is 13.1 Å². The highest BCUT2D eigenvalue weighted by atomic mass is 16.2. The van der Waals surface area contributed by atoms with Crippen LogP contribution in [0.15, 0.2) is 30.3 Å². The Labute approximate surface area is 171 Å². The second kappa shape index (κ2) is 8.41. The van der Waals surface area contributed by atoms with Crippen LogP contribution in [0.5, 0.6) is 0 Å². The zero-order valence-electron chi connectivity index (χ0n) is 16.9. The SMILES string of the molecule is CN1CC(=O)N2CC(=O)N(C3CCCCC3)C[C@@H]2N1C(=O)NCc1ccccc1.